The number of hydrogen-bond acceptors (Lipinski definition) is 3. The Morgan fingerprint density at radius 1 is 1.50 bits per heavy atom. The lowest BCUT2D eigenvalue weighted by molar-refractivity contribution is 0.150. The van der Waals surface area contributed by atoms with Crippen molar-refractivity contribution in [2.75, 3.05) is 0 Å². The minimum absolute atomic E-state index is 0.420. The molecule has 0 atom stereocenters. The molecule has 1 aromatic rings. The topological polar surface area (TPSA) is 73.1 Å². The van der Waals surface area contributed by atoms with Gasteiger partial charge in [-0.05, 0) is 6.07 Å². The Bertz CT molecular complexity index is 449. The van der Waals surface area contributed by atoms with Gasteiger partial charge in [-0.2, -0.15) is 0 Å². The summed E-state index contributed by atoms with van der Waals surface area (Å²) in [7, 11) is -4.12. The lowest BCUT2D eigenvalue weighted by Crippen LogP contribution is -2.13. The van der Waals surface area contributed by atoms with Crippen LogP contribution in [-0.4, -0.2) is 13.4 Å². The average Bonchev–Trinajstić information content (AvgIpc) is 2.02. The van der Waals surface area contributed by atoms with Gasteiger partial charge in [0.15, 0.2) is 0 Å². The fourth-order valence-electron chi connectivity index (χ4n) is 0.762. The van der Waals surface area contributed by atoms with Crippen LogP contribution in [0.15, 0.2) is 17.2 Å². The highest BCUT2D eigenvalue weighted by Crippen LogP contribution is 2.24. The third kappa shape index (κ3) is 2.37. The average molecular weight is 243 g/mol. The smallest absolute Gasteiger partial charge is 0.243 e. The van der Waals surface area contributed by atoms with E-state index >= 15 is 0 Å². The summed E-state index contributed by atoms with van der Waals surface area (Å²) >= 11 is 5.37. The van der Waals surface area contributed by atoms with Crippen molar-refractivity contribution in [3.05, 3.63) is 23.0 Å². The standard InChI is InChI=1S/C6H5ClF2N2O2S/c7-5-4(14(10,12)13)1-3(2-11-5)6(8)9/h1-2,6H,(H2,10,12,13). The summed E-state index contributed by atoms with van der Waals surface area (Å²) in [6.45, 7) is 0. The molecular formula is C6H5ClF2N2O2S. The van der Waals surface area contributed by atoms with E-state index in [0.29, 0.717) is 6.07 Å². The molecule has 0 fully saturated rings. The maximum Gasteiger partial charge on any atom is 0.265 e. The first-order valence-electron chi connectivity index (χ1n) is 3.29. The highest BCUT2D eigenvalue weighted by atomic mass is 35.5. The van der Waals surface area contributed by atoms with Gasteiger partial charge in [0.05, 0.1) is 0 Å². The zero-order valence-corrected chi connectivity index (χ0v) is 8.19. The molecule has 4 nitrogen and oxygen atoms in total. The number of rotatable bonds is 2. The van der Waals surface area contributed by atoms with Crippen LogP contribution in [0.3, 0.4) is 0 Å². The molecule has 78 valence electrons. The van der Waals surface area contributed by atoms with Gasteiger partial charge in [0.1, 0.15) is 10.0 Å². The SMILES string of the molecule is NS(=O)(=O)c1cc(C(F)F)cnc1Cl. The van der Waals surface area contributed by atoms with Gasteiger partial charge < -0.3 is 0 Å². The molecule has 0 aromatic carbocycles. The summed E-state index contributed by atoms with van der Waals surface area (Å²) < 4.78 is 46.0. The molecule has 1 rings (SSSR count). The van der Waals surface area contributed by atoms with Crippen molar-refractivity contribution in [2.45, 2.75) is 11.3 Å². The first-order valence-corrected chi connectivity index (χ1v) is 5.21. The molecule has 0 saturated heterocycles. The Kier molecular flexibility index (Phi) is 3.03. The molecule has 0 radical (unpaired) electrons. The van der Waals surface area contributed by atoms with Gasteiger partial charge in [-0.15, -0.1) is 0 Å². The molecule has 8 heteroatoms. The third-order valence-corrected chi connectivity index (χ3v) is 2.72. The molecule has 0 unspecified atom stereocenters. The molecule has 0 aliphatic carbocycles. The molecule has 0 bridgehead atoms. The van der Waals surface area contributed by atoms with E-state index in [4.69, 9.17) is 16.7 Å². The number of aromatic nitrogens is 1. The maximum atomic E-state index is 12.1. The molecule has 0 amide bonds. The molecule has 1 aromatic heterocycles. The van der Waals surface area contributed by atoms with E-state index in [1.807, 2.05) is 0 Å². The Labute approximate surface area is 83.8 Å². The summed E-state index contributed by atoms with van der Waals surface area (Å²) in [6.07, 6.45) is -2.03. The van der Waals surface area contributed by atoms with E-state index in [0.717, 1.165) is 6.20 Å². The van der Waals surface area contributed by atoms with Crippen LogP contribution in [0.1, 0.15) is 12.0 Å². The zero-order valence-electron chi connectivity index (χ0n) is 6.62. The molecule has 2 N–H and O–H groups in total. The fourth-order valence-corrected chi connectivity index (χ4v) is 1.78. The first-order chi connectivity index (χ1) is 6.32. The number of halogens is 3. The van der Waals surface area contributed by atoms with Crippen molar-refractivity contribution >= 4 is 21.6 Å². The van der Waals surface area contributed by atoms with Crippen LogP contribution in [0, 0.1) is 0 Å². The second-order valence-corrected chi connectivity index (χ2v) is 4.29. The number of nitrogens with zero attached hydrogens (tertiary/aromatic N) is 1. The van der Waals surface area contributed by atoms with Gasteiger partial charge in [0.25, 0.3) is 6.43 Å². The van der Waals surface area contributed by atoms with Crippen molar-refractivity contribution in [2.24, 2.45) is 5.14 Å². The molecule has 0 spiro atoms. The van der Waals surface area contributed by atoms with Crippen molar-refractivity contribution < 1.29 is 17.2 Å². The second-order valence-electron chi connectivity index (χ2n) is 2.40. The summed E-state index contributed by atoms with van der Waals surface area (Å²) in [5, 5.41) is 4.31. The van der Waals surface area contributed by atoms with Gasteiger partial charge in [-0.3, -0.25) is 0 Å². The summed E-state index contributed by atoms with van der Waals surface area (Å²) in [5.74, 6) is 0. The number of alkyl halides is 2. The molecule has 0 aliphatic heterocycles. The van der Waals surface area contributed by atoms with Crippen LogP contribution in [0.5, 0.6) is 0 Å². The van der Waals surface area contributed by atoms with Gasteiger partial charge in [-0.1, -0.05) is 11.6 Å². The predicted octanol–water partition coefficient (Wildman–Crippen LogP) is 1.32. The van der Waals surface area contributed by atoms with E-state index in [9.17, 15) is 17.2 Å². The van der Waals surface area contributed by atoms with Crippen molar-refractivity contribution in [1.82, 2.24) is 4.98 Å². The summed E-state index contributed by atoms with van der Waals surface area (Å²) in [4.78, 5) is 2.69. The number of hydrogen-bond donors (Lipinski definition) is 1. The Morgan fingerprint density at radius 3 is 2.50 bits per heavy atom. The van der Waals surface area contributed by atoms with Crippen LogP contribution in [0.2, 0.25) is 5.15 Å². The van der Waals surface area contributed by atoms with E-state index in [1.54, 1.807) is 0 Å². The van der Waals surface area contributed by atoms with Crippen LogP contribution in [-0.2, 0) is 10.0 Å². The molecule has 14 heavy (non-hydrogen) atoms. The number of pyridine rings is 1. The second kappa shape index (κ2) is 3.76. The van der Waals surface area contributed by atoms with Crippen LogP contribution < -0.4 is 5.14 Å². The molecule has 0 saturated carbocycles. The molecule has 0 aliphatic rings. The van der Waals surface area contributed by atoms with Gasteiger partial charge in [0, 0.05) is 11.8 Å². The fraction of sp³-hybridized carbons (Fsp3) is 0.167. The third-order valence-electron chi connectivity index (χ3n) is 1.39. The largest absolute Gasteiger partial charge is 0.265 e. The van der Waals surface area contributed by atoms with E-state index < -0.39 is 32.1 Å². The van der Waals surface area contributed by atoms with Crippen LogP contribution in [0.4, 0.5) is 8.78 Å². The Balaban J connectivity index is 3.37. The van der Waals surface area contributed by atoms with Gasteiger partial charge in [0.2, 0.25) is 10.0 Å². The molecule has 1 heterocycles. The summed E-state index contributed by atoms with van der Waals surface area (Å²) in [6, 6.07) is 0.704. The lowest BCUT2D eigenvalue weighted by Gasteiger charge is -2.03. The van der Waals surface area contributed by atoms with Crippen LogP contribution >= 0.6 is 11.6 Å². The lowest BCUT2D eigenvalue weighted by atomic mass is 10.3. The predicted molar refractivity (Wildman–Crippen MR) is 45.6 cm³/mol. The number of nitrogens with two attached hydrogens (primary N) is 1. The highest BCUT2D eigenvalue weighted by molar-refractivity contribution is 7.89. The van der Waals surface area contributed by atoms with E-state index in [1.165, 1.54) is 0 Å². The normalized spacial score (nSPS) is 12.1. The van der Waals surface area contributed by atoms with Gasteiger partial charge >= 0.3 is 0 Å². The highest BCUT2D eigenvalue weighted by Gasteiger charge is 2.17. The zero-order chi connectivity index (χ0) is 10.9. The number of sulfonamides is 1. The first kappa shape index (κ1) is 11.3. The van der Waals surface area contributed by atoms with E-state index in [-0.39, 0.29) is 0 Å². The quantitative estimate of drug-likeness (QED) is 0.795. The van der Waals surface area contributed by atoms with Crippen molar-refractivity contribution in [3.63, 3.8) is 0 Å². The summed E-state index contributed by atoms with van der Waals surface area (Å²) in [5.41, 5.74) is -0.543. The Morgan fingerprint density at radius 2 is 2.07 bits per heavy atom. The monoisotopic (exact) mass is 242 g/mol. The van der Waals surface area contributed by atoms with E-state index in [2.05, 4.69) is 4.98 Å². The maximum absolute atomic E-state index is 12.1. The number of primary sulfonamides is 1. The van der Waals surface area contributed by atoms with Crippen LogP contribution in [0.25, 0.3) is 0 Å². The Hall–Kier alpha value is -0.790. The van der Waals surface area contributed by atoms with Crippen molar-refractivity contribution in [3.8, 4) is 0 Å². The minimum atomic E-state index is -4.12. The molecular weight excluding hydrogens is 238 g/mol. The van der Waals surface area contributed by atoms with Crippen molar-refractivity contribution in [1.29, 1.82) is 0 Å². The van der Waals surface area contributed by atoms with Gasteiger partial charge in [-0.25, -0.2) is 27.3 Å². The minimum Gasteiger partial charge on any atom is -0.243 e.